The van der Waals surface area contributed by atoms with E-state index in [1.54, 1.807) is 19.1 Å². The van der Waals surface area contributed by atoms with Crippen LogP contribution >= 0.6 is 0 Å². The fourth-order valence-electron chi connectivity index (χ4n) is 1.11. The maximum atomic E-state index is 13.1. The highest BCUT2D eigenvalue weighted by molar-refractivity contribution is 5.47. The predicted octanol–water partition coefficient (Wildman–Crippen LogP) is 1.74. The fourth-order valence-corrected chi connectivity index (χ4v) is 1.11. The number of halogens is 1. The van der Waals surface area contributed by atoms with Gasteiger partial charge in [0.1, 0.15) is 5.82 Å². The molecule has 0 bridgehead atoms. The summed E-state index contributed by atoms with van der Waals surface area (Å²) in [7, 11) is 0. The second kappa shape index (κ2) is 4.06. The molecular formula is C11H10FO. The van der Waals surface area contributed by atoms with Crippen LogP contribution in [0.4, 0.5) is 4.39 Å². The second-order valence-electron chi connectivity index (χ2n) is 2.75. The number of benzene rings is 1. The Kier molecular flexibility index (Phi) is 3.05. The zero-order valence-electron chi connectivity index (χ0n) is 7.34. The Balaban J connectivity index is 3.22. The number of hydrogen-bond acceptors (Lipinski definition) is 1. The number of rotatable bonds is 2. The monoisotopic (exact) mass is 177 g/mol. The van der Waals surface area contributed by atoms with Crippen LogP contribution < -0.4 is 0 Å². The minimum absolute atomic E-state index is 0.113. The van der Waals surface area contributed by atoms with Crippen molar-refractivity contribution < 1.29 is 9.50 Å². The lowest BCUT2D eigenvalue weighted by Gasteiger charge is -2.10. The van der Waals surface area contributed by atoms with Crippen LogP contribution in [0.25, 0.3) is 0 Å². The summed E-state index contributed by atoms with van der Waals surface area (Å²) < 4.78 is 13.1. The molecule has 13 heavy (non-hydrogen) atoms. The Morgan fingerprint density at radius 3 is 2.85 bits per heavy atom. The standard InChI is InChI=1S/C11H10FO/c1-3-9-10(8(2)7-13)5-4-6-11(9)12/h1,4-6,13H,7H2,2H3. The lowest BCUT2D eigenvalue weighted by molar-refractivity contribution is 0.314. The van der Waals surface area contributed by atoms with Crippen molar-refractivity contribution in [2.45, 2.75) is 6.92 Å². The number of hydrogen-bond donors (Lipinski definition) is 1. The van der Waals surface area contributed by atoms with Gasteiger partial charge < -0.3 is 5.11 Å². The Labute approximate surface area is 77.2 Å². The number of aliphatic hydroxyl groups excluding tert-OH is 1. The second-order valence-corrected chi connectivity index (χ2v) is 2.75. The molecule has 0 saturated carbocycles. The number of terminal acetylenes is 1. The predicted molar refractivity (Wildman–Crippen MR) is 49.4 cm³/mol. The van der Waals surface area contributed by atoms with Crippen LogP contribution in [0.2, 0.25) is 0 Å². The van der Waals surface area contributed by atoms with Gasteiger partial charge in [-0.15, -0.1) is 6.42 Å². The van der Waals surface area contributed by atoms with Crippen molar-refractivity contribution in [2.24, 2.45) is 0 Å². The number of aliphatic hydroxyl groups is 1. The van der Waals surface area contributed by atoms with Crippen LogP contribution in [0.15, 0.2) is 18.2 Å². The van der Waals surface area contributed by atoms with Crippen LogP contribution in [-0.2, 0) is 0 Å². The summed E-state index contributed by atoms with van der Waals surface area (Å²) in [5.74, 6) is 2.52. The summed E-state index contributed by atoms with van der Waals surface area (Å²) in [6.07, 6.45) is 5.16. The maximum absolute atomic E-state index is 13.1. The van der Waals surface area contributed by atoms with Gasteiger partial charge in [0, 0.05) is 5.92 Å². The summed E-state index contributed by atoms with van der Waals surface area (Å²) >= 11 is 0. The molecule has 1 aromatic rings. The van der Waals surface area contributed by atoms with Gasteiger partial charge in [-0.05, 0) is 11.6 Å². The van der Waals surface area contributed by atoms with E-state index in [1.165, 1.54) is 6.07 Å². The third-order valence-electron chi connectivity index (χ3n) is 1.85. The van der Waals surface area contributed by atoms with Gasteiger partial charge in [0.2, 0.25) is 0 Å². The quantitative estimate of drug-likeness (QED) is 0.682. The van der Waals surface area contributed by atoms with Crippen molar-refractivity contribution in [2.75, 3.05) is 6.61 Å². The molecular weight excluding hydrogens is 167 g/mol. The van der Waals surface area contributed by atoms with E-state index < -0.39 is 5.82 Å². The van der Waals surface area contributed by atoms with Crippen molar-refractivity contribution in [3.05, 3.63) is 41.1 Å². The van der Waals surface area contributed by atoms with Crippen LogP contribution in [0.5, 0.6) is 0 Å². The van der Waals surface area contributed by atoms with Crippen molar-refractivity contribution in [1.29, 1.82) is 0 Å². The fraction of sp³-hybridized carbons (Fsp3) is 0.182. The zero-order valence-corrected chi connectivity index (χ0v) is 7.34. The molecule has 0 unspecified atom stereocenters. The molecule has 0 aliphatic rings. The van der Waals surface area contributed by atoms with Gasteiger partial charge >= 0.3 is 0 Å². The molecule has 0 spiro atoms. The highest BCUT2D eigenvalue weighted by Crippen LogP contribution is 2.20. The molecule has 0 saturated heterocycles. The van der Waals surface area contributed by atoms with Gasteiger partial charge in [-0.25, -0.2) is 4.39 Å². The van der Waals surface area contributed by atoms with E-state index in [2.05, 4.69) is 5.92 Å². The lowest BCUT2D eigenvalue weighted by atomic mass is 9.96. The van der Waals surface area contributed by atoms with Crippen molar-refractivity contribution in [3.8, 4) is 12.3 Å². The molecule has 0 fully saturated rings. The molecule has 0 atom stereocenters. The molecule has 1 radical (unpaired) electrons. The molecule has 0 aromatic heterocycles. The molecule has 2 heteroatoms. The van der Waals surface area contributed by atoms with E-state index in [1.807, 2.05) is 0 Å². The molecule has 0 amide bonds. The highest BCUT2D eigenvalue weighted by atomic mass is 19.1. The normalized spacial score (nSPS) is 10.1. The Hall–Kier alpha value is -1.33. The topological polar surface area (TPSA) is 20.2 Å². The first-order valence-electron chi connectivity index (χ1n) is 3.89. The highest BCUT2D eigenvalue weighted by Gasteiger charge is 2.11. The van der Waals surface area contributed by atoms with Gasteiger partial charge in [-0.3, -0.25) is 0 Å². The Bertz CT molecular complexity index is 338. The van der Waals surface area contributed by atoms with E-state index in [0.717, 1.165) is 0 Å². The molecule has 1 N–H and O–H groups in total. The third-order valence-corrected chi connectivity index (χ3v) is 1.85. The minimum atomic E-state index is -0.423. The van der Waals surface area contributed by atoms with Crippen LogP contribution in [0.1, 0.15) is 18.1 Å². The van der Waals surface area contributed by atoms with Gasteiger partial charge in [-0.2, -0.15) is 0 Å². The summed E-state index contributed by atoms with van der Waals surface area (Å²) in [4.78, 5) is 0. The van der Waals surface area contributed by atoms with Crippen molar-refractivity contribution >= 4 is 0 Å². The summed E-state index contributed by atoms with van der Waals surface area (Å²) in [5.41, 5.74) is 0.819. The average molecular weight is 177 g/mol. The summed E-state index contributed by atoms with van der Waals surface area (Å²) in [5, 5.41) is 8.87. The van der Waals surface area contributed by atoms with Crippen LogP contribution in [0, 0.1) is 24.1 Å². The van der Waals surface area contributed by atoms with Crippen LogP contribution in [-0.4, -0.2) is 11.7 Å². The van der Waals surface area contributed by atoms with Crippen LogP contribution in [0.3, 0.4) is 0 Å². The third kappa shape index (κ3) is 1.88. The van der Waals surface area contributed by atoms with Gasteiger partial charge in [0.05, 0.1) is 12.2 Å². The average Bonchev–Trinajstić information content (AvgIpc) is 2.16. The lowest BCUT2D eigenvalue weighted by Crippen LogP contribution is -2.04. The van der Waals surface area contributed by atoms with Crippen molar-refractivity contribution in [3.63, 3.8) is 0 Å². The first-order chi connectivity index (χ1) is 6.20. The first-order valence-corrected chi connectivity index (χ1v) is 3.89. The SMILES string of the molecule is C#Cc1c(F)cccc1[C](C)CO. The Morgan fingerprint density at radius 1 is 1.62 bits per heavy atom. The zero-order chi connectivity index (χ0) is 9.84. The van der Waals surface area contributed by atoms with Gasteiger partial charge in [0.25, 0.3) is 0 Å². The molecule has 0 aliphatic heterocycles. The summed E-state index contributed by atoms with van der Waals surface area (Å²) in [6, 6.07) is 4.58. The molecule has 1 nitrogen and oxygen atoms in total. The maximum Gasteiger partial charge on any atom is 0.139 e. The van der Waals surface area contributed by atoms with E-state index >= 15 is 0 Å². The van der Waals surface area contributed by atoms with E-state index in [9.17, 15) is 4.39 Å². The van der Waals surface area contributed by atoms with E-state index in [4.69, 9.17) is 11.5 Å². The molecule has 67 valence electrons. The Morgan fingerprint density at radius 2 is 2.31 bits per heavy atom. The minimum Gasteiger partial charge on any atom is -0.395 e. The van der Waals surface area contributed by atoms with E-state index in [-0.39, 0.29) is 12.2 Å². The van der Waals surface area contributed by atoms with E-state index in [0.29, 0.717) is 11.5 Å². The first kappa shape index (κ1) is 9.76. The molecule has 0 heterocycles. The summed E-state index contributed by atoms with van der Waals surface area (Å²) in [6.45, 7) is 1.60. The smallest absolute Gasteiger partial charge is 0.139 e. The molecule has 1 rings (SSSR count). The largest absolute Gasteiger partial charge is 0.395 e. The van der Waals surface area contributed by atoms with Gasteiger partial charge in [-0.1, -0.05) is 25.0 Å². The van der Waals surface area contributed by atoms with Crippen molar-refractivity contribution in [1.82, 2.24) is 0 Å². The van der Waals surface area contributed by atoms with Gasteiger partial charge in [0.15, 0.2) is 0 Å². The molecule has 0 aliphatic carbocycles. The molecule has 1 aromatic carbocycles.